The summed E-state index contributed by atoms with van der Waals surface area (Å²) >= 11 is 0. The molecule has 0 saturated carbocycles. The number of hydrogen-bond donors (Lipinski definition) is 3. The minimum Gasteiger partial charge on any atom is -0.478 e. The molecule has 0 radical (unpaired) electrons. The third kappa shape index (κ3) is 3.98. The number of fused-ring (bicyclic) bond motifs is 2. The van der Waals surface area contributed by atoms with E-state index in [-0.39, 0.29) is 11.0 Å². The van der Waals surface area contributed by atoms with Gasteiger partial charge in [-0.2, -0.15) is 0 Å². The molecule has 3 N–H and O–H groups in total. The van der Waals surface area contributed by atoms with Gasteiger partial charge < -0.3 is 19.6 Å². The van der Waals surface area contributed by atoms with Gasteiger partial charge in [-0.3, -0.25) is 4.79 Å². The summed E-state index contributed by atoms with van der Waals surface area (Å²) in [6.07, 6.45) is 0.521. The predicted octanol–water partition coefficient (Wildman–Crippen LogP) is 3.53. The van der Waals surface area contributed by atoms with Crippen LogP contribution < -0.4 is 10.9 Å². The van der Waals surface area contributed by atoms with Crippen LogP contribution in [0.15, 0.2) is 94.1 Å². The van der Waals surface area contributed by atoms with E-state index in [0.29, 0.717) is 39.9 Å². The van der Waals surface area contributed by atoms with E-state index >= 15 is 0 Å². The van der Waals surface area contributed by atoms with Gasteiger partial charge in [0.2, 0.25) is 0 Å². The zero-order valence-corrected chi connectivity index (χ0v) is 17.9. The summed E-state index contributed by atoms with van der Waals surface area (Å²) in [5.41, 5.74) is 4.56. The van der Waals surface area contributed by atoms with E-state index in [1.165, 1.54) is 12.1 Å². The van der Waals surface area contributed by atoms with Crippen LogP contribution >= 0.6 is 0 Å². The molecule has 5 rings (SSSR count). The normalized spacial score (nSPS) is 11.1. The highest BCUT2D eigenvalue weighted by atomic mass is 16.4. The van der Waals surface area contributed by atoms with Gasteiger partial charge in [-0.05, 0) is 52.8 Å². The largest absolute Gasteiger partial charge is 0.488 e. The monoisotopic (exact) mass is 450 g/mol. The Morgan fingerprint density at radius 2 is 1.62 bits per heavy atom. The highest BCUT2D eigenvalue weighted by molar-refractivity contribution is 6.58. The van der Waals surface area contributed by atoms with Crippen LogP contribution in [0.4, 0.5) is 0 Å². The number of benzene rings is 4. The van der Waals surface area contributed by atoms with Crippen molar-refractivity contribution in [1.29, 1.82) is 0 Å². The lowest BCUT2D eigenvalue weighted by Crippen LogP contribution is -2.29. The molecule has 0 bridgehead atoms. The molecule has 0 amide bonds. The van der Waals surface area contributed by atoms with E-state index < -0.39 is 13.1 Å². The van der Waals surface area contributed by atoms with Gasteiger partial charge in [-0.15, -0.1) is 0 Å². The van der Waals surface area contributed by atoms with Gasteiger partial charge in [0.15, 0.2) is 5.43 Å². The quantitative estimate of drug-likeness (QED) is 0.279. The third-order valence-electron chi connectivity index (χ3n) is 5.84. The molecule has 0 saturated heterocycles. The first-order chi connectivity index (χ1) is 16.4. The Bertz CT molecular complexity index is 1570. The van der Waals surface area contributed by atoms with Gasteiger partial charge >= 0.3 is 13.1 Å². The summed E-state index contributed by atoms with van der Waals surface area (Å²) in [4.78, 5) is 24.0. The maximum absolute atomic E-state index is 12.0. The van der Waals surface area contributed by atoms with E-state index in [9.17, 15) is 24.7 Å². The molecule has 1 aliphatic carbocycles. The zero-order chi connectivity index (χ0) is 23.8. The molecule has 0 atom stereocenters. The first-order valence-corrected chi connectivity index (χ1v) is 10.7. The summed E-state index contributed by atoms with van der Waals surface area (Å²) in [6, 6.07) is 24.0. The first-order valence-electron chi connectivity index (χ1n) is 10.7. The summed E-state index contributed by atoms with van der Waals surface area (Å²) in [5, 5.41) is 29.4. The van der Waals surface area contributed by atoms with Crippen LogP contribution in [0.25, 0.3) is 33.4 Å². The average molecular weight is 450 g/mol. The van der Waals surface area contributed by atoms with Crippen molar-refractivity contribution in [3.63, 3.8) is 0 Å². The lowest BCUT2D eigenvalue weighted by molar-refractivity contribution is 0.0697. The zero-order valence-electron chi connectivity index (χ0n) is 17.9. The van der Waals surface area contributed by atoms with Crippen LogP contribution in [0.5, 0.6) is 0 Å². The summed E-state index contributed by atoms with van der Waals surface area (Å²) in [6.45, 7) is 0. The van der Waals surface area contributed by atoms with Crippen LogP contribution in [0.1, 0.15) is 21.5 Å². The van der Waals surface area contributed by atoms with E-state index in [2.05, 4.69) is 0 Å². The van der Waals surface area contributed by atoms with E-state index in [0.717, 1.165) is 16.5 Å². The lowest BCUT2D eigenvalue weighted by atomic mass is 9.79. The van der Waals surface area contributed by atoms with Crippen molar-refractivity contribution in [1.82, 2.24) is 0 Å². The molecule has 166 valence electrons. The minimum absolute atomic E-state index is 0.158. The predicted molar refractivity (Wildman–Crippen MR) is 131 cm³/mol. The molecule has 1 aliphatic heterocycles. The summed E-state index contributed by atoms with van der Waals surface area (Å²) in [5.74, 6) is -0.668. The molecule has 0 spiro atoms. The minimum atomic E-state index is -1.55. The van der Waals surface area contributed by atoms with Crippen LogP contribution in [0, 0.1) is 0 Å². The number of rotatable bonds is 5. The molecule has 34 heavy (non-hydrogen) atoms. The van der Waals surface area contributed by atoms with Crippen molar-refractivity contribution in [2.75, 3.05) is 0 Å². The van der Waals surface area contributed by atoms with E-state index in [1.54, 1.807) is 48.5 Å². The molecule has 7 heteroatoms. The van der Waals surface area contributed by atoms with Crippen molar-refractivity contribution in [3.8, 4) is 22.5 Å². The van der Waals surface area contributed by atoms with Crippen LogP contribution in [0.2, 0.25) is 0 Å². The van der Waals surface area contributed by atoms with Gasteiger partial charge in [-0.1, -0.05) is 54.6 Å². The fourth-order valence-electron chi connectivity index (χ4n) is 4.30. The molecule has 2 aliphatic rings. The average Bonchev–Trinajstić information content (AvgIpc) is 2.82. The molecule has 0 aromatic heterocycles. The first kappa shape index (κ1) is 21.6. The van der Waals surface area contributed by atoms with Gasteiger partial charge in [0.1, 0.15) is 11.3 Å². The standard InChI is InChI=1S/C27H19BO6/c29-19-9-11-23-25(15-19)34-24-14-17(12-16-4-3-5-18(13-16)28(32)33)8-10-22(24)26(23)20-6-1-2-7-21(20)27(30)31/h1-11,13-15,32-33H,12H2,(H,30,31). The Kier molecular flexibility index (Phi) is 5.49. The molecule has 0 unspecified atom stereocenters. The van der Waals surface area contributed by atoms with Crippen molar-refractivity contribution in [2.45, 2.75) is 6.42 Å². The van der Waals surface area contributed by atoms with Gasteiger partial charge in [0, 0.05) is 22.6 Å². The van der Waals surface area contributed by atoms with Crippen LogP contribution in [-0.2, 0) is 6.42 Å². The maximum atomic E-state index is 12.0. The number of carboxylic acids is 1. The molecule has 1 heterocycles. The molecule has 0 fully saturated rings. The van der Waals surface area contributed by atoms with E-state index in [4.69, 9.17) is 4.42 Å². The molecule has 6 nitrogen and oxygen atoms in total. The molecule has 3 aromatic carbocycles. The van der Waals surface area contributed by atoms with Gasteiger partial charge in [0.05, 0.1) is 5.56 Å². The Labute approximate surface area is 194 Å². The molecular weight excluding hydrogens is 431 g/mol. The number of carboxylic acid groups (broad SMARTS) is 1. The highest BCUT2D eigenvalue weighted by Crippen LogP contribution is 2.41. The number of hydrogen-bond acceptors (Lipinski definition) is 5. The SMILES string of the molecule is O=C(O)c1ccccc1-c1c2ccc(=O)cc-2oc2cc(Cc3cccc(B(O)O)c3)ccc12. The van der Waals surface area contributed by atoms with Crippen molar-refractivity contribution in [3.05, 3.63) is 112 Å². The second kappa shape index (κ2) is 8.63. The van der Waals surface area contributed by atoms with Crippen molar-refractivity contribution >= 4 is 29.5 Å². The Morgan fingerprint density at radius 1 is 0.824 bits per heavy atom. The van der Waals surface area contributed by atoms with Gasteiger partial charge in [0.25, 0.3) is 0 Å². The Morgan fingerprint density at radius 3 is 2.41 bits per heavy atom. The van der Waals surface area contributed by atoms with Crippen molar-refractivity contribution < 1.29 is 24.4 Å². The van der Waals surface area contributed by atoms with Crippen LogP contribution in [-0.4, -0.2) is 28.2 Å². The topological polar surface area (TPSA) is 108 Å². The molecular formula is C27H19BO6. The Balaban J connectivity index is 1.72. The van der Waals surface area contributed by atoms with Gasteiger partial charge in [-0.25, -0.2) is 4.79 Å². The second-order valence-electron chi connectivity index (χ2n) is 8.11. The van der Waals surface area contributed by atoms with E-state index in [1.807, 2.05) is 24.3 Å². The fraction of sp³-hybridized carbons (Fsp3) is 0.0370. The smallest absolute Gasteiger partial charge is 0.478 e. The second-order valence-corrected chi connectivity index (χ2v) is 8.11. The lowest BCUT2D eigenvalue weighted by Gasteiger charge is -2.17. The number of carbonyl (C=O) groups is 1. The maximum Gasteiger partial charge on any atom is 0.488 e. The van der Waals surface area contributed by atoms with Crippen LogP contribution in [0.3, 0.4) is 0 Å². The third-order valence-corrected chi connectivity index (χ3v) is 5.84. The van der Waals surface area contributed by atoms with Crippen molar-refractivity contribution in [2.24, 2.45) is 0 Å². The summed E-state index contributed by atoms with van der Waals surface area (Å²) < 4.78 is 6.10. The Hall–Kier alpha value is -4.20. The fourth-order valence-corrected chi connectivity index (χ4v) is 4.30. The number of aromatic carboxylic acids is 1. The summed E-state index contributed by atoms with van der Waals surface area (Å²) in [7, 11) is -1.55. The molecule has 3 aromatic rings. The highest BCUT2D eigenvalue weighted by Gasteiger charge is 2.21.